The highest BCUT2D eigenvalue weighted by Gasteiger charge is 2.18. The van der Waals surface area contributed by atoms with Crippen LogP contribution in [0.3, 0.4) is 0 Å². The number of carbonyl (C=O) groups is 1. The molecule has 3 rings (SSSR count). The van der Waals surface area contributed by atoms with Gasteiger partial charge in [0.25, 0.3) is 0 Å². The van der Waals surface area contributed by atoms with E-state index in [0.29, 0.717) is 39.0 Å². The van der Waals surface area contributed by atoms with Crippen molar-refractivity contribution in [2.45, 2.75) is 5.75 Å². The Kier molecular flexibility index (Phi) is 8.36. The van der Waals surface area contributed by atoms with Crippen molar-refractivity contribution in [1.82, 2.24) is 0 Å². The Morgan fingerprint density at radius 3 is 2.06 bits per heavy atom. The third kappa shape index (κ3) is 5.93. The van der Waals surface area contributed by atoms with E-state index in [1.807, 2.05) is 12.1 Å². The van der Waals surface area contributed by atoms with Gasteiger partial charge in [0.05, 0.1) is 31.8 Å². The smallest absolute Gasteiger partial charge is 0.199 e. The number of ether oxygens (including phenoxy) is 3. The zero-order valence-corrected chi connectivity index (χ0v) is 20.3. The van der Waals surface area contributed by atoms with Crippen LogP contribution in [0, 0.1) is 5.82 Å². The van der Waals surface area contributed by atoms with Gasteiger partial charge in [-0.2, -0.15) is 0 Å². The highest BCUT2D eigenvalue weighted by atomic mass is 79.9. The number of hydrogen-bond acceptors (Lipinski definition) is 5. The maximum absolute atomic E-state index is 13.4. The average molecular weight is 517 g/mol. The molecule has 166 valence electrons. The molecule has 0 bridgehead atoms. The predicted molar refractivity (Wildman–Crippen MR) is 130 cm³/mol. The largest absolute Gasteiger partial charge is 0.496 e. The van der Waals surface area contributed by atoms with E-state index in [-0.39, 0.29) is 11.6 Å². The minimum atomic E-state index is -0.298. The van der Waals surface area contributed by atoms with E-state index in [0.717, 1.165) is 10.0 Å². The van der Waals surface area contributed by atoms with Crippen molar-refractivity contribution in [2.75, 3.05) is 21.3 Å². The Morgan fingerprint density at radius 1 is 0.938 bits per heavy atom. The molecule has 0 radical (unpaired) electrons. The molecule has 0 N–H and O–H groups in total. The molecular weight excluding hydrogens is 495 g/mol. The molecule has 0 saturated carbocycles. The van der Waals surface area contributed by atoms with Crippen molar-refractivity contribution in [3.05, 3.63) is 92.5 Å². The first-order chi connectivity index (χ1) is 15.4. The molecule has 32 heavy (non-hydrogen) atoms. The summed E-state index contributed by atoms with van der Waals surface area (Å²) in [6, 6.07) is 16.9. The standard InChI is InChI=1S/C25H22BrFO4S/c1-29-20-12-22(30-2)21(23(13-20)31-3)14-24(25(28)17-6-8-18(26)9-7-17)32-15-16-4-10-19(27)11-5-16/h4-14H,15H2,1-3H3. The Labute approximate surface area is 199 Å². The second kappa shape index (κ2) is 11.2. The van der Waals surface area contributed by atoms with E-state index in [1.54, 1.807) is 63.8 Å². The summed E-state index contributed by atoms with van der Waals surface area (Å²) in [5, 5.41) is 0. The van der Waals surface area contributed by atoms with E-state index in [1.165, 1.54) is 23.9 Å². The van der Waals surface area contributed by atoms with E-state index >= 15 is 0 Å². The molecular formula is C25H22BrFO4S. The lowest BCUT2D eigenvalue weighted by molar-refractivity contribution is 0.104. The van der Waals surface area contributed by atoms with Gasteiger partial charge in [0.1, 0.15) is 23.1 Å². The van der Waals surface area contributed by atoms with Gasteiger partial charge in [-0.15, -0.1) is 11.8 Å². The molecule has 3 aromatic rings. The van der Waals surface area contributed by atoms with Crippen LogP contribution in [0.2, 0.25) is 0 Å². The number of carbonyl (C=O) groups excluding carboxylic acids is 1. The van der Waals surface area contributed by atoms with Crippen LogP contribution in [-0.4, -0.2) is 27.1 Å². The number of rotatable bonds is 9. The first-order valence-electron chi connectivity index (χ1n) is 9.64. The number of ketones is 1. The summed E-state index contributed by atoms with van der Waals surface area (Å²) in [6.07, 6.45) is 1.76. The summed E-state index contributed by atoms with van der Waals surface area (Å²) in [5.74, 6) is 1.68. The average Bonchev–Trinajstić information content (AvgIpc) is 2.82. The van der Waals surface area contributed by atoms with Gasteiger partial charge in [-0.05, 0) is 48.0 Å². The number of halogens is 2. The molecule has 0 atom stereocenters. The van der Waals surface area contributed by atoms with Gasteiger partial charge in [0.2, 0.25) is 0 Å². The van der Waals surface area contributed by atoms with Crippen LogP contribution >= 0.6 is 27.7 Å². The van der Waals surface area contributed by atoms with Crippen LogP contribution in [0.4, 0.5) is 4.39 Å². The normalized spacial score (nSPS) is 11.2. The Balaban J connectivity index is 2.04. The molecule has 0 aromatic heterocycles. The van der Waals surface area contributed by atoms with Crippen molar-refractivity contribution in [3.8, 4) is 17.2 Å². The number of thioether (sulfide) groups is 1. The first kappa shape index (κ1) is 23.9. The second-order valence-electron chi connectivity index (χ2n) is 6.71. The SMILES string of the molecule is COc1cc(OC)c(C=C(SCc2ccc(F)cc2)C(=O)c2ccc(Br)cc2)c(OC)c1. The monoisotopic (exact) mass is 516 g/mol. The van der Waals surface area contributed by atoms with Gasteiger partial charge in [-0.3, -0.25) is 4.79 Å². The number of methoxy groups -OCH3 is 3. The minimum absolute atomic E-state index is 0.135. The van der Waals surface area contributed by atoms with Crippen LogP contribution in [0.5, 0.6) is 17.2 Å². The summed E-state index contributed by atoms with van der Waals surface area (Å²) < 4.78 is 30.5. The van der Waals surface area contributed by atoms with Gasteiger partial charge in [0, 0.05) is 27.9 Å². The third-order valence-corrected chi connectivity index (χ3v) is 6.29. The molecule has 7 heteroatoms. The first-order valence-corrected chi connectivity index (χ1v) is 11.4. The summed E-state index contributed by atoms with van der Waals surface area (Å²) in [6.45, 7) is 0. The fourth-order valence-electron chi connectivity index (χ4n) is 2.96. The lowest BCUT2D eigenvalue weighted by Gasteiger charge is -2.14. The molecule has 0 aliphatic rings. The van der Waals surface area contributed by atoms with E-state index in [4.69, 9.17) is 14.2 Å². The molecule has 0 spiro atoms. The maximum atomic E-state index is 13.4. The van der Waals surface area contributed by atoms with E-state index in [2.05, 4.69) is 15.9 Å². The van der Waals surface area contributed by atoms with Gasteiger partial charge in [-0.25, -0.2) is 4.39 Å². The highest BCUT2D eigenvalue weighted by Crippen LogP contribution is 2.38. The fraction of sp³-hybridized carbons (Fsp3) is 0.160. The van der Waals surface area contributed by atoms with Crippen molar-refractivity contribution in [3.63, 3.8) is 0 Å². The molecule has 0 aliphatic carbocycles. The van der Waals surface area contributed by atoms with Crippen molar-refractivity contribution >= 4 is 39.6 Å². The minimum Gasteiger partial charge on any atom is -0.496 e. The number of hydrogen-bond donors (Lipinski definition) is 0. The lowest BCUT2D eigenvalue weighted by atomic mass is 10.1. The zero-order valence-electron chi connectivity index (χ0n) is 17.9. The van der Waals surface area contributed by atoms with Crippen molar-refractivity contribution in [1.29, 1.82) is 0 Å². The maximum Gasteiger partial charge on any atom is 0.199 e. The summed E-state index contributed by atoms with van der Waals surface area (Å²) in [7, 11) is 4.66. The topological polar surface area (TPSA) is 44.8 Å². The van der Waals surface area contributed by atoms with Crippen LogP contribution in [0.1, 0.15) is 21.5 Å². The van der Waals surface area contributed by atoms with Crippen LogP contribution < -0.4 is 14.2 Å². The Morgan fingerprint density at radius 2 is 1.53 bits per heavy atom. The van der Waals surface area contributed by atoms with E-state index < -0.39 is 0 Å². The van der Waals surface area contributed by atoms with Crippen molar-refractivity contribution in [2.24, 2.45) is 0 Å². The van der Waals surface area contributed by atoms with Crippen LogP contribution in [0.15, 0.2) is 70.0 Å². The fourth-order valence-corrected chi connectivity index (χ4v) is 4.19. The number of allylic oxidation sites excluding steroid dienone is 1. The van der Waals surface area contributed by atoms with Gasteiger partial charge in [0.15, 0.2) is 5.78 Å². The third-order valence-electron chi connectivity index (χ3n) is 4.67. The zero-order chi connectivity index (χ0) is 23.1. The molecule has 0 aliphatic heterocycles. The summed E-state index contributed by atoms with van der Waals surface area (Å²) in [5.41, 5.74) is 2.08. The molecule has 0 heterocycles. The Hall–Kier alpha value is -2.77. The molecule has 0 amide bonds. The van der Waals surface area contributed by atoms with Gasteiger partial charge < -0.3 is 14.2 Å². The molecule has 3 aromatic carbocycles. The van der Waals surface area contributed by atoms with E-state index in [9.17, 15) is 9.18 Å². The lowest BCUT2D eigenvalue weighted by Crippen LogP contribution is -2.02. The number of Topliss-reactive ketones (excluding diaryl/α,β-unsaturated/α-hetero) is 1. The van der Waals surface area contributed by atoms with Crippen molar-refractivity contribution < 1.29 is 23.4 Å². The highest BCUT2D eigenvalue weighted by molar-refractivity contribution is 9.10. The Bertz CT molecular complexity index is 1090. The molecule has 0 unspecified atom stereocenters. The van der Waals surface area contributed by atoms with Gasteiger partial charge >= 0.3 is 0 Å². The quantitative estimate of drug-likeness (QED) is 0.232. The van der Waals surface area contributed by atoms with Gasteiger partial charge in [-0.1, -0.05) is 28.1 Å². The van der Waals surface area contributed by atoms with Crippen LogP contribution in [0.25, 0.3) is 6.08 Å². The summed E-state index contributed by atoms with van der Waals surface area (Å²) in [4.78, 5) is 13.9. The number of benzene rings is 3. The van der Waals surface area contributed by atoms with Crippen LogP contribution in [-0.2, 0) is 5.75 Å². The predicted octanol–water partition coefficient (Wildman–Crippen LogP) is 6.77. The summed E-state index contributed by atoms with van der Waals surface area (Å²) >= 11 is 4.76. The second-order valence-corrected chi connectivity index (χ2v) is 8.64. The molecule has 0 fully saturated rings. The molecule has 4 nitrogen and oxygen atoms in total. The molecule has 0 saturated heterocycles.